The number of carbonyl (C=O) groups is 1. The Bertz CT molecular complexity index is 1400. The number of hydrogen-bond acceptors (Lipinski definition) is 3. The van der Waals surface area contributed by atoms with Gasteiger partial charge >= 0.3 is 0 Å². The highest BCUT2D eigenvalue weighted by molar-refractivity contribution is 6.23. The van der Waals surface area contributed by atoms with Gasteiger partial charge in [0.1, 0.15) is 0 Å². The second-order valence-corrected chi connectivity index (χ2v) is 7.19. The zero-order valence-corrected chi connectivity index (χ0v) is 16.5. The van der Waals surface area contributed by atoms with Gasteiger partial charge in [0.05, 0.1) is 22.1 Å². The Hall–Kier alpha value is -3.53. The van der Waals surface area contributed by atoms with Gasteiger partial charge in [0.15, 0.2) is 0 Å². The number of hydrogen-bond donors (Lipinski definition) is 0. The zero-order chi connectivity index (χ0) is 20.0. The van der Waals surface area contributed by atoms with E-state index in [9.17, 15) is 4.79 Å². The fourth-order valence-electron chi connectivity index (χ4n) is 4.11. The summed E-state index contributed by atoms with van der Waals surface area (Å²) >= 11 is 0. The molecule has 0 saturated carbocycles. The highest BCUT2D eigenvalue weighted by atomic mass is 16.2. The molecule has 0 saturated heterocycles. The van der Waals surface area contributed by atoms with E-state index < -0.39 is 0 Å². The van der Waals surface area contributed by atoms with Crippen LogP contribution in [0.4, 0.5) is 0 Å². The molecule has 0 atom stereocenters. The number of benzene rings is 4. The SMILES string of the molecule is CCN(CC)C(=O)c1ccc2nc3c4ccccc4c4ccccc4c3nc2c1. The van der Waals surface area contributed by atoms with Crippen molar-refractivity contribution in [2.45, 2.75) is 13.8 Å². The van der Waals surface area contributed by atoms with Crippen LogP contribution in [-0.2, 0) is 0 Å². The summed E-state index contributed by atoms with van der Waals surface area (Å²) in [6, 6.07) is 22.3. The lowest BCUT2D eigenvalue weighted by Crippen LogP contribution is -2.30. The summed E-state index contributed by atoms with van der Waals surface area (Å²) < 4.78 is 0. The fourth-order valence-corrected chi connectivity index (χ4v) is 4.11. The zero-order valence-electron chi connectivity index (χ0n) is 16.5. The summed E-state index contributed by atoms with van der Waals surface area (Å²) in [5.41, 5.74) is 3.97. The smallest absolute Gasteiger partial charge is 0.253 e. The van der Waals surface area contributed by atoms with E-state index in [-0.39, 0.29) is 5.91 Å². The first-order chi connectivity index (χ1) is 14.2. The minimum atomic E-state index is 0.0298. The van der Waals surface area contributed by atoms with Gasteiger partial charge in [0, 0.05) is 29.4 Å². The lowest BCUT2D eigenvalue weighted by atomic mass is 9.99. The molecule has 0 aliphatic carbocycles. The summed E-state index contributed by atoms with van der Waals surface area (Å²) in [6.45, 7) is 5.36. The molecule has 0 unspecified atom stereocenters. The largest absolute Gasteiger partial charge is 0.339 e. The predicted octanol–water partition coefficient (Wildman–Crippen LogP) is 5.57. The molecule has 142 valence electrons. The Balaban J connectivity index is 1.84. The van der Waals surface area contributed by atoms with Crippen molar-refractivity contribution >= 4 is 49.5 Å². The van der Waals surface area contributed by atoms with Crippen molar-refractivity contribution < 1.29 is 4.79 Å². The van der Waals surface area contributed by atoms with Crippen LogP contribution in [0.2, 0.25) is 0 Å². The third-order valence-electron chi connectivity index (χ3n) is 5.62. The van der Waals surface area contributed by atoms with E-state index in [0.29, 0.717) is 18.7 Å². The van der Waals surface area contributed by atoms with E-state index in [1.165, 1.54) is 10.8 Å². The maximum Gasteiger partial charge on any atom is 0.253 e. The molecule has 0 aliphatic rings. The van der Waals surface area contributed by atoms with Crippen LogP contribution in [0.1, 0.15) is 24.2 Å². The molecule has 1 aromatic heterocycles. The first-order valence-electron chi connectivity index (χ1n) is 10.0. The molecule has 4 heteroatoms. The van der Waals surface area contributed by atoms with Crippen LogP contribution in [0.5, 0.6) is 0 Å². The van der Waals surface area contributed by atoms with Gasteiger partial charge in [-0.15, -0.1) is 0 Å². The quantitative estimate of drug-likeness (QED) is 0.304. The van der Waals surface area contributed by atoms with Gasteiger partial charge in [-0.05, 0) is 42.8 Å². The van der Waals surface area contributed by atoms with Crippen LogP contribution < -0.4 is 0 Å². The molecule has 0 fully saturated rings. The minimum Gasteiger partial charge on any atom is -0.339 e. The van der Waals surface area contributed by atoms with E-state index in [1.54, 1.807) is 0 Å². The van der Waals surface area contributed by atoms with Crippen molar-refractivity contribution in [3.05, 3.63) is 72.3 Å². The summed E-state index contributed by atoms with van der Waals surface area (Å²) in [5.74, 6) is 0.0298. The average Bonchev–Trinajstić information content (AvgIpc) is 2.78. The molecular weight excluding hydrogens is 358 g/mol. The van der Waals surface area contributed by atoms with E-state index >= 15 is 0 Å². The Morgan fingerprint density at radius 3 is 1.79 bits per heavy atom. The number of amides is 1. The van der Waals surface area contributed by atoms with Crippen molar-refractivity contribution in [3.8, 4) is 0 Å². The molecule has 5 aromatic rings. The summed E-state index contributed by atoms with van der Waals surface area (Å²) in [7, 11) is 0. The molecule has 4 aromatic carbocycles. The van der Waals surface area contributed by atoms with Crippen LogP contribution in [-0.4, -0.2) is 33.9 Å². The number of nitrogens with zero attached hydrogens (tertiary/aromatic N) is 3. The highest BCUT2D eigenvalue weighted by Gasteiger charge is 2.15. The topological polar surface area (TPSA) is 46.1 Å². The summed E-state index contributed by atoms with van der Waals surface area (Å²) in [4.78, 5) is 24.5. The molecule has 0 radical (unpaired) electrons. The monoisotopic (exact) mass is 379 g/mol. The molecule has 0 bridgehead atoms. The third-order valence-corrected chi connectivity index (χ3v) is 5.62. The number of fused-ring (bicyclic) bond motifs is 7. The van der Waals surface area contributed by atoms with E-state index in [2.05, 4.69) is 36.4 Å². The Morgan fingerprint density at radius 1 is 0.724 bits per heavy atom. The van der Waals surface area contributed by atoms with Crippen LogP contribution in [0, 0.1) is 0 Å². The van der Waals surface area contributed by atoms with Crippen molar-refractivity contribution in [2.75, 3.05) is 13.1 Å². The molecule has 1 amide bonds. The van der Waals surface area contributed by atoms with Crippen molar-refractivity contribution in [1.29, 1.82) is 0 Å². The maximum atomic E-state index is 12.8. The first-order valence-corrected chi connectivity index (χ1v) is 10.0. The van der Waals surface area contributed by atoms with E-state index in [0.717, 1.165) is 32.8 Å². The lowest BCUT2D eigenvalue weighted by Gasteiger charge is -2.18. The molecule has 0 spiro atoms. The van der Waals surface area contributed by atoms with Crippen LogP contribution in [0.25, 0.3) is 43.6 Å². The fraction of sp³-hybridized carbons (Fsp3) is 0.160. The van der Waals surface area contributed by atoms with Gasteiger partial charge in [-0.25, -0.2) is 9.97 Å². The number of carbonyl (C=O) groups excluding carboxylic acids is 1. The highest BCUT2D eigenvalue weighted by Crippen LogP contribution is 2.34. The van der Waals surface area contributed by atoms with Crippen LogP contribution in [0.3, 0.4) is 0 Å². The summed E-state index contributed by atoms with van der Waals surface area (Å²) in [6.07, 6.45) is 0. The summed E-state index contributed by atoms with van der Waals surface area (Å²) in [5, 5.41) is 4.52. The molecule has 5 rings (SSSR count). The van der Waals surface area contributed by atoms with Gasteiger partial charge in [-0.1, -0.05) is 48.5 Å². The maximum absolute atomic E-state index is 12.8. The van der Waals surface area contributed by atoms with Crippen molar-refractivity contribution in [1.82, 2.24) is 14.9 Å². The molecule has 4 nitrogen and oxygen atoms in total. The van der Waals surface area contributed by atoms with E-state index in [4.69, 9.17) is 9.97 Å². The minimum absolute atomic E-state index is 0.0298. The van der Waals surface area contributed by atoms with Crippen molar-refractivity contribution in [3.63, 3.8) is 0 Å². The standard InChI is InChI=1S/C25H21N3O/c1-3-28(4-2)25(29)16-13-14-21-22(15-16)27-24-20-12-8-6-10-18(20)17-9-5-7-11-19(17)23(24)26-21/h5-15H,3-4H2,1-2H3. The van der Waals surface area contributed by atoms with Crippen LogP contribution >= 0.6 is 0 Å². The molecule has 0 aliphatic heterocycles. The second-order valence-electron chi connectivity index (χ2n) is 7.19. The average molecular weight is 379 g/mol. The van der Waals surface area contributed by atoms with Gasteiger partial charge in [0.2, 0.25) is 0 Å². The van der Waals surface area contributed by atoms with Gasteiger partial charge in [0.25, 0.3) is 5.91 Å². The van der Waals surface area contributed by atoms with Crippen LogP contribution in [0.15, 0.2) is 66.7 Å². The van der Waals surface area contributed by atoms with Gasteiger partial charge < -0.3 is 4.90 Å². The molecule has 29 heavy (non-hydrogen) atoms. The third kappa shape index (κ3) is 2.71. The lowest BCUT2D eigenvalue weighted by molar-refractivity contribution is 0.0773. The number of rotatable bonds is 3. The van der Waals surface area contributed by atoms with Gasteiger partial charge in [-0.2, -0.15) is 0 Å². The Labute approximate surface area is 168 Å². The van der Waals surface area contributed by atoms with Crippen molar-refractivity contribution in [2.24, 2.45) is 0 Å². The normalized spacial score (nSPS) is 11.5. The number of aromatic nitrogens is 2. The first kappa shape index (κ1) is 17.6. The predicted molar refractivity (Wildman–Crippen MR) is 119 cm³/mol. The Kier molecular flexibility index (Phi) is 4.13. The second kappa shape index (κ2) is 6.82. The molecule has 1 heterocycles. The Morgan fingerprint density at radius 2 is 1.24 bits per heavy atom. The van der Waals surface area contributed by atoms with E-state index in [1.807, 2.05) is 49.1 Å². The molecule has 0 N–H and O–H groups in total. The molecular formula is C25H21N3O. The van der Waals surface area contributed by atoms with Gasteiger partial charge in [-0.3, -0.25) is 4.79 Å².